The van der Waals surface area contributed by atoms with E-state index >= 15 is 0 Å². The zero-order valence-electron chi connectivity index (χ0n) is 15.9. The molecule has 3 aromatic rings. The maximum Gasteiger partial charge on any atom is 0.315 e. The number of benzene rings is 2. The van der Waals surface area contributed by atoms with Gasteiger partial charge in [-0.1, -0.05) is 23.7 Å². The molecule has 0 aliphatic carbocycles. The van der Waals surface area contributed by atoms with Crippen LogP contribution in [0.3, 0.4) is 0 Å². The van der Waals surface area contributed by atoms with Crippen molar-refractivity contribution in [2.45, 2.75) is 25.9 Å². The SMILES string of the molecule is COc1cccc(CC(C)NC(=O)NCc2cnn(-c3ccc(Cl)cc3)c2)c1. The quantitative estimate of drug-likeness (QED) is 0.632. The smallest absolute Gasteiger partial charge is 0.315 e. The number of aromatic nitrogens is 2. The minimum Gasteiger partial charge on any atom is -0.497 e. The molecule has 2 aromatic carbocycles. The van der Waals surface area contributed by atoms with Gasteiger partial charge in [0, 0.05) is 29.4 Å². The maximum absolute atomic E-state index is 12.2. The van der Waals surface area contributed by atoms with Crippen molar-refractivity contribution in [2.75, 3.05) is 7.11 Å². The van der Waals surface area contributed by atoms with E-state index in [1.54, 1.807) is 18.0 Å². The number of halogens is 1. The van der Waals surface area contributed by atoms with Crippen LogP contribution in [0.5, 0.6) is 5.75 Å². The van der Waals surface area contributed by atoms with Crippen LogP contribution in [0.25, 0.3) is 5.69 Å². The van der Waals surface area contributed by atoms with Gasteiger partial charge >= 0.3 is 6.03 Å². The van der Waals surface area contributed by atoms with Gasteiger partial charge in [-0.05, 0) is 55.3 Å². The van der Waals surface area contributed by atoms with Gasteiger partial charge in [0.2, 0.25) is 0 Å². The fraction of sp³-hybridized carbons (Fsp3) is 0.238. The number of urea groups is 1. The van der Waals surface area contributed by atoms with E-state index < -0.39 is 0 Å². The van der Waals surface area contributed by atoms with Gasteiger partial charge in [0.25, 0.3) is 0 Å². The van der Waals surface area contributed by atoms with Gasteiger partial charge < -0.3 is 15.4 Å². The second-order valence-electron chi connectivity index (χ2n) is 6.55. The van der Waals surface area contributed by atoms with Crippen LogP contribution in [0.15, 0.2) is 60.9 Å². The van der Waals surface area contributed by atoms with Gasteiger partial charge in [-0.15, -0.1) is 0 Å². The number of hydrogen-bond donors (Lipinski definition) is 2. The third kappa shape index (κ3) is 5.50. The van der Waals surface area contributed by atoms with Crippen molar-refractivity contribution in [2.24, 2.45) is 0 Å². The molecule has 0 radical (unpaired) electrons. The standard InChI is InChI=1S/C21H23ClN4O2/c1-15(10-16-4-3-5-20(11-16)28-2)25-21(27)23-12-17-13-24-26(14-17)19-8-6-18(22)7-9-19/h3-9,11,13-15H,10,12H2,1-2H3,(H2,23,25,27). The third-order valence-electron chi connectivity index (χ3n) is 4.23. The largest absolute Gasteiger partial charge is 0.497 e. The third-order valence-corrected chi connectivity index (χ3v) is 4.49. The Labute approximate surface area is 169 Å². The van der Waals surface area contributed by atoms with E-state index in [0.717, 1.165) is 29.0 Å². The van der Waals surface area contributed by atoms with E-state index in [-0.39, 0.29) is 12.1 Å². The van der Waals surface area contributed by atoms with Crippen molar-refractivity contribution in [3.63, 3.8) is 0 Å². The van der Waals surface area contributed by atoms with Crippen molar-refractivity contribution in [1.82, 2.24) is 20.4 Å². The highest BCUT2D eigenvalue weighted by molar-refractivity contribution is 6.30. The van der Waals surface area contributed by atoms with E-state index in [4.69, 9.17) is 16.3 Å². The van der Waals surface area contributed by atoms with Crippen LogP contribution in [0.4, 0.5) is 4.79 Å². The summed E-state index contributed by atoms with van der Waals surface area (Å²) in [4.78, 5) is 12.2. The molecule has 1 aromatic heterocycles. The predicted octanol–water partition coefficient (Wildman–Crippen LogP) is 3.96. The summed E-state index contributed by atoms with van der Waals surface area (Å²) in [5, 5.41) is 10.8. The first-order chi connectivity index (χ1) is 13.5. The van der Waals surface area contributed by atoms with Gasteiger partial charge in [-0.25, -0.2) is 9.48 Å². The van der Waals surface area contributed by atoms with Gasteiger partial charge in [0.1, 0.15) is 5.75 Å². The number of carbonyl (C=O) groups is 1. The molecule has 3 rings (SSSR count). The first-order valence-electron chi connectivity index (χ1n) is 9.00. The van der Waals surface area contributed by atoms with Gasteiger partial charge in [0.05, 0.1) is 19.0 Å². The Morgan fingerprint density at radius 2 is 2.00 bits per heavy atom. The van der Waals surface area contributed by atoms with Gasteiger partial charge in [-0.2, -0.15) is 5.10 Å². The lowest BCUT2D eigenvalue weighted by Crippen LogP contribution is -2.41. The van der Waals surface area contributed by atoms with Crippen molar-refractivity contribution in [1.29, 1.82) is 0 Å². The summed E-state index contributed by atoms with van der Waals surface area (Å²) in [6.45, 7) is 2.36. The molecule has 0 aliphatic heterocycles. The number of amides is 2. The number of methoxy groups -OCH3 is 1. The average Bonchev–Trinajstić information content (AvgIpc) is 3.16. The summed E-state index contributed by atoms with van der Waals surface area (Å²) >= 11 is 5.91. The monoisotopic (exact) mass is 398 g/mol. The highest BCUT2D eigenvalue weighted by Crippen LogP contribution is 2.14. The predicted molar refractivity (Wildman–Crippen MR) is 110 cm³/mol. The average molecular weight is 399 g/mol. The minimum absolute atomic E-state index is 0.0103. The first-order valence-corrected chi connectivity index (χ1v) is 9.38. The lowest BCUT2D eigenvalue weighted by atomic mass is 10.1. The molecule has 1 unspecified atom stereocenters. The molecular weight excluding hydrogens is 376 g/mol. The minimum atomic E-state index is -0.213. The Morgan fingerprint density at radius 1 is 1.21 bits per heavy atom. The summed E-state index contributed by atoms with van der Waals surface area (Å²) < 4.78 is 6.98. The van der Waals surface area contributed by atoms with Crippen LogP contribution >= 0.6 is 11.6 Å². The molecule has 1 heterocycles. The number of nitrogens with zero attached hydrogens (tertiary/aromatic N) is 2. The highest BCUT2D eigenvalue weighted by atomic mass is 35.5. The van der Waals surface area contributed by atoms with Crippen LogP contribution in [0.1, 0.15) is 18.1 Å². The number of nitrogens with one attached hydrogen (secondary N) is 2. The zero-order chi connectivity index (χ0) is 19.9. The Kier molecular flexibility index (Phi) is 6.55. The Hall–Kier alpha value is -2.99. The second-order valence-corrected chi connectivity index (χ2v) is 6.99. The van der Waals surface area contributed by atoms with E-state index in [9.17, 15) is 4.79 Å². The molecule has 0 aliphatic rings. The fourth-order valence-electron chi connectivity index (χ4n) is 2.85. The Bertz CT molecular complexity index is 924. The van der Waals surface area contributed by atoms with Crippen LogP contribution in [-0.4, -0.2) is 29.0 Å². The number of carbonyl (C=O) groups excluding carboxylic acids is 1. The maximum atomic E-state index is 12.2. The molecular formula is C21H23ClN4O2. The molecule has 28 heavy (non-hydrogen) atoms. The summed E-state index contributed by atoms with van der Waals surface area (Å²) in [7, 11) is 1.64. The summed E-state index contributed by atoms with van der Waals surface area (Å²) in [6.07, 6.45) is 4.33. The Balaban J connectivity index is 1.48. The van der Waals surface area contributed by atoms with Crippen LogP contribution < -0.4 is 15.4 Å². The lowest BCUT2D eigenvalue weighted by Gasteiger charge is -2.15. The molecule has 0 fully saturated rings. The number of ether oxygens (including phenoxy) is 1. The molecule has 2 N–H and O–H groups in total. The van der Waals surface area contributed by atoms with Crippen molar-refractivity contribution >= 4 is 17.6 Å². The summed E-state index contributed by atoms with van der Waals surface area (Å²) in [6, 6.07) is 15.0. The van der Waals surface area contributed by atoms with E-state index in [1.807, 2.05) is 61.7 Å². The normalized spacial score (nSPS) is 11.7. The van der Waals surface area contributed by atoms with Crippen LogP contribution in [0, 0.1) is 0 Å². The Morgan fingerprint density at radius 3 is 2.75 bits per heavy atom. The highest BCUT2D eigenvalue weighted by Gasteiger charge is 2.09. The van der Waals surface area contributed by atoms with Crippen molar-refractivity contribution < 1.29 is 9.53 Å². The van der Waals surface area contributed by atoms with Gasteiger partial charge in [-0.3, -0.25) is 0 Å². The molecule has 0 bridgehead atoms. The first kappa shape index (κ1) is 19.8. The van der Waals surface area contributed by atoms with E-state index in [2.05, 4.69) is 15.7 Å². The van der Waals surface area contributed by atoms with E-state index in [1.165, 1.54) is 0 Å². The van der Waals surface area contributed by atoms with Crippen LogP contribution in [0.2, 0.25) is 5.02 Å². The van der Waals surface area contributed by atoms with Crippen molar-refractivity contribution in [3.05, 3.63) is 77.1 Å². The van der Waals surface area contributed by atoms with Crippen molar-refractivity contribution in [3.8, 4) is 11.4 Å². The lowest BCUT2D eigenvalue weighted by molar-refractivity contribution is 0.237. The van der Waals surface area contributed by atoms with Gasteiger partial charge in [0.15, 0.2) is 0 Å². The molecule has 7 heteroatoms. The fourth-order valence-corrected chi connectivity index (χ4v) is 2.97. The molecule has 0 spiro atoms. The number of rotatable bonds is 7. The topological polar surface area (TPSA) is 68.2 Å². The van der Waals surface area contributed by atoms with E-state index in [0.29, 0.717) is 11.6 Å². The van der Waals surface area contributed by atoms with Crippen LogP contribution in [-0.2, 0) is 13.0 Å². The number of hydrogen-bond acceptors (Lipinski definition) is 3. The summed E-state index contributed by atoms with van der Waals surface area (Å²) in [5.41, 5.74) is 2.92. The zero-order valence-corrected chi connectivity index (χ0v) is 16.6. The molecule has 0 saturated heterocycles. The molecule has 0 saturated carbocycles. The molecule has 6 nitrogen and oxygen atoms in total. The molecule has 146 valence electrons. The molecule has 2 amide bonds. The molecule has 1 atom stereocenters. The summed E-state index contributed by atoms with van der Waals surface area (Å²) in [5.74, 6) is 0.812. The second kappa shape index (κ2) is 9.28.